The summed E-state index contributed by atoms with van der Waals surface area (Å²) in [6.07, 6.45) is 7.98. The Kier molecular flexibility index (Phi) is 2.37. The topological polar surface area (TPSA) is 95.5 Å². The number of allylic oxidation sites excluding steroid dienone is 2. The van der Waals surface area contributed by atoms with E-state index in [0.29, 0.717) is 17.9 Å². The van der Waals surface area contributed by atoms with Gasteiger partial charge in [0.25, 0.3) is 0 Å². The van der Waals surface area contributed by atoms with Crippen molar-refractivity contribution in [3.8, 4) is 0 Å². The first-order valence-corrected chi connectivity index (χ1v) is 6.24. The molecule has 0 bridgehead atoms. The minimum Gasteiger partial charge on any atom is -0.368 e. The zero-order valence-electron chi connectivity index (χ0n) is 10.8. The molecule has 0 radical (unpaired) electrons. The van der Waals surface area contributed by atoms with Crippen molar-refractivity contribution in [2.75, 3.05) is 12.4 Å². The van der Waals surface area contributed by atoms with E-state index in [0.717, 1.165) is 10.9 Å². The number of aromatic nitrogens is 3. The molecule has 0 saturated heterocycles. The summed E-state index contributed by atoms with van der Waals surface area (Å²) in [7, 11) is 0. The zero-order chi connectivity index (χ0) is 14.4. The molecule has 0 saturated carbocycles. The van der Waals surface area contributed by atoms with Crippen molar-refractivity contribution in [2.45, 2.75) is 0 Å². The number of nitrogens with two attached hydrogens (primary N) is 1. The Labute approximate surface area is 118 Å². The number of anilines is 1. The molecule has 2 aliphatic heterocycles. The summed E-state index contributed by atoms with van der Waals surface area (Å²) in [5.41, 5.74) is 7.66. The van der Waals surface area contributed by atoms with Crippen LogP contribution in [0.15, 0.2) is 40.5 Å². The number of fused-ring (bicyclic) bond motifs is 2. The Morgan fingerprint density at radius 3 is 3.19 bits per heavy atom. The third-order valence-corrected chi connectivity index (χ3v) is 3.32. The molecule has 4 heterocycles. The number of nitrogens with zero attached hydrogens (tertiary/aromatic N) is 5. The van der Waals surface area contributed by atoms with Gasteiger partial charge >= 0.3 is 0 Å². The van der Waals surface area contributed by atoms with E-state index in [4.69, 9.17) is 5.73 Å². The lowest BCUT2D eigenvalue weighted by Gasteiger charge is -2.25. The second-order valence-corrected chi connectivity index (χ2v) is 4.63. The monoisotopic (exact) mass is 283 g/mol. The summed E-state index contributed by atoms with van der Waals surface area (Å²) < 4.78 is 14.2. The highest BCUT2D eigenvalue weighted by Crippen LogP contribution is 2.30. The Morgan fingerprint density at radius 2 is 2.29 bits per heavy atom. The number of H-pyrrole nitrogens is 1. The summed E-state index contributed by atoms with van der Waals surface area (Å²) in [5, 5.41) is 0.778. The molecule has 0 aliphatic carbocycles. The lowest BCUT2D eigenvalue weighted by Crippen LogP contribution is -2.31. The van der Waals surface area contributed by atoms with Crippen LogP contribution in [0, 0.1) is 0 Å². The van der Waals surface area contributed by atoms with Gasteiger partial charge in [-0.1, -0.05) is 0 Å². The van der Waals surface area contributed by atoms with Crippen LogP contribution in [0.5, 0.6) is 0 Å². The van der Waals surface area contributed by atoms with Crippen LogP contribution >= 0.6 is 0 Å². The number of nitrogen functional groups attached to an aromatic ring is 1. The maximum atomic E-state index is 14.2. The van der Waals surface area contributed by atoms with E-state index >= 15 is 0 Å². The summed E-state index contributed by atoms with van der Waals surface area (Å²) in [6.45, 7) is 0.343. The van der Waals surface area contributed by atoms with Gasteiger partial charge in [-0.25, -0.2) is 14.4 Å². The van der Waals surface area contributed by atoms with E-state index in [9.17, 15) is 4.39 Å². The highest BCUT2D eigenvalue weighted by atomic mass is 19.1. The van der Waals surface area contributed by atoms with Crippen LogP contribution in [0.3, 0.4) is 0 Å². The standard InChI is InChI=1S/C13H10FN7/c14-10-1-7(4-21-6-16-5-19-12(10)21)8-2-17-11-9(8)3-18-13(15)20-11/h1-5H,6H2,(H3,15,17,18,20). The molecular weight excluding hydrogens is 273 g/mol. The quantitative estimate of drug-likeness (QED) is 0.828. The third kappa shape index (κ3) is 1.80. The highest BCUT2D eigenvalue weighted by Gasteiger charge is 2.23. The molecule has 3 N–H and O–H groups in total. The maximum Gasteiger partial charge on any atom is 0.221 e. The van der Waals surface area contributed by atoms with Gasteiger partial charge in [0.15, 0.2) is 11.7 Å². The first kappa shape index (κ1) is 11.8. The second kappa shape index (κ2) is 4.23. The fraction of sp³-hybridized carbons (Fsp3) is 0.0769. The average Bonchev–Trinajstić information content (AvgIpc) is 2.90. The maximum absolute atomic E-state index is 14.2. The molecule has 7 nitrogen and oxygen atoms in total. The van der Waals surface area contributed by atoms with Crippen molar-refractivity contribution in [2.24, 2.45) is 9.98 Å². The number of hydrogen-bond acceptors (Lipinski definition) is 6. The van der Waals surface area contributed by atoms with Gasteiger partial charge in [-0.05, 0) is 6.08 Å². The van der Waals surface area contributed by atoms with E-state index in [2.05, 4.69) is 24.9 Å². The molecule has 0 amide bonds. The number of rotatable bonds is 1. The molecule has 104 valence electrons. The van der Waals surface area contributed by atoms with Crippen molar-refractivity contribution in [1.82, 2.24) is 19.9 Å². The van der Waals surface area contributed by atoms with Gasteiger partial charge in [0, 0.05) is 35.1 Å². The summed E-state index contributed by atoms with van der Waals surface area (Å²) in [5.74, 6) is 0.0634. The first-order chi connectivity index (χ1) is 10.2. The fourth-order valence-electron chi connectivity index (χ4n) is 2.38. The summed E-state index contributed by atoms with van der Waals surface area (Å²) in [6, 6.07) is 0. The van der Waals surface area contributed by atoms with Crippen molar-refractivity contribution in [3.05, 3.63) is 36.1 Å². The molecule has 0 fully saturated rings. The zero-order valence-corrected chi connectivity index (χ0v) is 10.8. The van der Waals surface area contributed by atoms with E-state index in [-0.39, 0.29) is 11.8 Å². The third-order valence-electron chi connectivity index (χ3n) is 3.32. The van der Waals surface area contributed by atoms with E-state index in [1.54, 1.807) is 23.5 Å². The molecule has 4 rings (SSSR count). The average molecular weight is 283 g/mol. The van der Waals surface area contributed by atoms with Gasteiger partial charge in [0.2, 0.25) is 5.95 Å². The molecule has 0 atom stereocenters. The molecule has 2 aromatic heterocycles. The van der Waals surface area contributed by atoms with Gasteiger partial charge in [-0.2, -0.15) is 4.98 Å². The van der Waals surface area contributed by atoms with E-state index in [1.807, 2.05) is 0 Å². The largest absolute Gasteiger partial charge is 0.368 e. The smallest absolute Gasteiger partial charge is 0.221 e. The van der Waals surface area contributed by atoms with Crippen molar-refractivity contribution in [3.63, 3.8) is 0 Å². The van der Waals surface area contributed by atoms with Crippen LogP contribution in [0.4, 0.5) is 10.3 Å². The molecule has 0 aromatic carbocycles. The number of aliphatic imine (C=N–C) groups is 2. The number of hydrogen-bond donors (Lipinski definition) is 2. The van der Waals surface area contributed by atoms with Crippen LogP contribution in [0.2, 0.25) is 0 Å². The molecular formula is C13H10FN7. The molecule has 8 heteroatoms. The summed E-state index contributed by atoms with van der Waals surface area (Å²) in [4.78, 5) is 20.7. The summed E-state index contributed by atoms with van der Waals surface area (Å²) >= 11 is 0. The van der Waals surface area contributed by atoms with Gasteiger partial charge < -0.3 is 15.6 Å². The number of nitrogens with one attached hydrogen (secondary N) is 1. The fourth-order valence-corrected chi connectivity index (χ4v) is 2.38. The number of aromatic amines is 1. The van der Waals surface area contributed by atoms with Crippen LogP contribution in [-0.2, 0) is 0 Å². The Bertz CT molecular complexity index is 859. The highest BCUT2D eigenvalue weighted by molar-refractivity contribution is 6.07. The molecule has 0 spiro atoms. The first-order valence-electron chi connectivity index (χ1n) is 6.24. The minimum absolute atomic E-state index is 0.190. The van der Waals surface area contributed by atoms with Gasteiger partial charge in [0.05, 0.1) is 0 Å². The molecule has 2 aliphatic rings. The van der Waals surface area contributed by atoms with Crippen LogP contribution in [-0.4, -0.2) is 38.7 Å². The SMILES string of the molecule is Nc1ncc2c(C3=CN4CN=CN=C4C(F)=C3)c[nH]c2n1. The predicted molar refractivity (Wildman–Crippen MR) is 78.1 cm³/mol. The van der Waals surface area contributed by atoms with Crippen LogP contribution in [0.25, 0.3) is 16.6 Å². The van der Waals surface area contributed by atoms with Crippen LogP contribution in [0.1, 0.15) is 5.56 Å². The Balaban J connectivity index is 1.84. The Morgan fingerprint density at radius 1 is 1.38 bits per heavy atom. The van der Waals surface area contributed by atoms with Crippen molar-refractivity contribution < 1.29 is 4.39 Å². The van der Waals surface area contributed by atoms with Crippen molar-refractivity contribution in [1.29, 1.82) is 0 Å². The minimum atomic E-state index is -0.399. The second-order valence-electron chi connectivity index (χ2n) is 4.63. The molecule has 21 heavy (non-hydrogen) atoms. The van der Waals surface area contributed by atoms with Gasteiger partial charge in [0.1, 0.15) is 18.7 Å². The van der Waals surface area contributed by atoms with Gasteiger partial charge in [-0.15, -0.1) is 0 Å². The number of amidine groups is 1. The lowest BCUT2D eigenvalue weighted by molar-refractivity contribution is 0.538. The normalized spacial score (nSPS) is 17.4. The van der Waals surface area contributed by atoms with Gasteiger partial charge in [-0.3, -0.25) is 4.99 Å². The Hall–Kier alpha value is -3.03. The van der Waals surface area contributed by atoms with E-state index < -0.39 is 5.83 Å². The number of halogens is 1. The molecule has 2 aromatic rings. The lowest BCUT2D eigenvalue weighted by atomic mass is 10.0. The van der Waals surface area contributed by atoms with Crippen molar-refractivity contribution >= 4 is 34.7 Å². The predicted octanol–water partition coefficient (Wildman–Crippen LogP) is 1.45. The van der Waals surface area contributed by atoms with Crippen LogP contribution < -0.4 is 5.73 Å². The molecule has 0 unspecified atom stereocenters. The van der Waals surface area contributed by atoms with E-state index in [1.165, 1.54) is 12.4 Å².